The Morgan fingerprint density at radius 1 is 1.00 bits per heavy atom. The number of methoxy groups -OCH3 is 3. The fourth-order valence-corrected chi connectivity index (χ4v) is 2.67. The average Bonchev–Trinajstić information content (AvgIpc) is 2.65. The van der Waals surface area contributed by atoms with Gasteiger partial charge in [-0.1, -0.05) is 25.4 Å². The monoisotopic (exact) mass is 393 g/mol. The summed E-state index contributed by atoms with van der Waals surface area (Å²) in [5.41, 5.74) is 0.852. The maximum Gasteiger partial charge on any atom is 0.259 e. The van der Waals surface area contributed by atoms with E-state index in [0.717, 1.165) is 0 Å². The van der Waals surface area contributed by atoms with Crippen molar-refractivity contribution >= 4 is 23.2 Å². The molecule has 6 nitrogen and oxygen atoms in total. The van der Waals surface area contributed by atoms with Gasteiger partial charge in [-0.05, 0) is 36.2 Å². The topological polar surface area (TPSA) is 66.0 Å². The van der Waals surface area contributed by atoms with Crippen LogP contribution < -0.4 is 24.3 Å². The van der Waals surface area contributed by atoms with E-state index in [9.17, 15) is 4.79 Å². The van der Waals surface area contributed by atoms with Gasteiger partial charge in [-0.15, -0.1) is 0 Å². The molecule has 0 radical (unpaired) electrons. The lowest BCUT2D eigenvalue weighted by Crippen LogP contribution is -2.14. The van der Waals surface area contributed by atoms with Gasteiger partial charge in [0, 0.05) is 5.69 Å². The summed E-state index contributed by atoms with van der Waals surface area (Å²) in [6, 6.07) is 8.35. The SMILES string of the molecule is COc1ccc(C(=O)Nc2ccc(OCC(C)C)c(Cl)c2)c(OC)c1OC. The van der Waals surface area contributed by atoms with E-state index >= 15 is 0 Å². The van der Waals surface area contributed by atoms with Gasteiger partial charge in [0.1, 0.15) is 5.75 Å². The summed E-state index contributed by atoms with van der Waals surface area (Å²) < 4.78 is 21.5. The first kappa shape index (κ1) is 20.7. The number of anilines is 1. The van der Waals surface area contributed by atoms with Crippen LogP contribution in [0.5, 0.6) is 23.0 Å². The van der Waals surface area contributed by atoms with Gasteiger partial charge in [-0.2, -0.15) is 0 Å². The third-order valence-corrected chi connectivity index (χ3v) is 4.01. The van der Waals surface area contributed by atoms with Crippen molar-refractivity contribution in [2.24, 2.45) is 5.92 Å². The van der Waals surface area contributed by atoms with Crippen LogP contribution >= 0.6 is 11.6 Å². The predicted octanol–water partition coefficient (Wildman–Crippen LogP) is 4.65. The highest BCUT2D eigenvalue weighted by Gasteiger charge is 2.21. The Morgan fingerprint density at radius 2 is 1.67 bits per heavy atom. The number of ether oxygens (including phenoxy) is 4. The molecule has 146 valence electrons. The van der Waals surface area contributed by atoms with Crippen LogP contribution in [0.15, 0.2) is 30.3 Å². The van der Waals surface area contributed by atoms with Gasteiger partial charge in [0.25, 0.3) is 5.91 Å². The van der Waals surface area contributed by atoms with Crippen LogP contribution in [0.1, 0.15) is 24.2 Å². The fourth-order valence-electron chi connectivity index (χ4n) is 2.43. The van der Waals surface area contributed by atoms with Crippen LogP contribution in [0.2, 0.25) is 5.02 Å². The zero-order valence-corrected chi connectivity index (χ0v) is 16.8. The van der Waals surface area contributed by atoms with Gasteiger partial charge in [0.2, 0.25) is 5.75 Å². The molecule has 7 heteroatoms. The second-order valence-electron chi connectivity index (χ2n) is 6.19. The van der Waals surface area contributed by atoms with Crippen LogP contribution in [0.25, 0.3) is 0 Å². The molecule has 0 fully saturated rings. The lowest BCUT2D eigenvalue weighted by atomic mass is 10.1. The largest absolute Gasteiger partial charge is 0.493 e. The Bertz CT molecular complexity index is 807. The maximum absolute atomic E-state index is 12.7. The molecule has 2 rings (SSSR count). The molecule has 0 heterocycles. The van der Waals surface area contributed by atoms with Gasteiger partial charge >= 0.3 is 0 Å². The second-order valence-corrected chi connectivity index (χ2v) is 6.59. The molecule has 1 amide bonds. The summed E-state index contributed by atoms with van der Waals surface area (Å²) in [5.74, 6) is 1.71. The molecule has 0 spiro atoms. The highest BCUT2D eigenvalue weighted by Crippen LogP contribution is 2.40. The number of rotatable bonds is 8. The molecule has 0 aromatic heterocycles. The molecular weight excluding hydrogens is 370 g/mol. The molecule has 0 aliphatic carbocycles. The van der Waals surface area contributed by atoms with Gasteiger partial charge in [0.15, 0.2) is 11.5 Å². The zero-order chi connectivity index (χ0) is 20.0. The van der Waals surface area contributed by atoms with Crippen molar-refractivity contribution in [2.45, 2.75) is 13.8 Å². The van der Waals surface area contributed by atoms with Gasteiger partial charge in [-0.25, -0.2) is 0 Å². The van der Waals surface area contributed by atoms with Crippen molar-refractivity contribution < 1.29 is 23.7 Å². The molecule has 0 aliphatic rings. The molecule has 1 N–H and O–H groups in total. The van der Waals surface area contributed by atoms with E-state index in [1.54, 1.807) is 30.3 Å². The zero-order valence-electron chi connectivity index (χ0n) is 16.1. The van der Waals surface area contributed by atoms with Gasteiger partial charge in [0.05, 0.1) is 38.5 Å². The molecule has 0 saturated heterocycles. The highest BCUT2D eigenvalue weighted by atomic mass is 35.5. The number of nitrogens with one attached hydrogen (secondary N) is 1. The van der Waals surface area contributed by atoms with E-state index in [1.807, 2.05) is 0 Å². The minimum absolute atomic E-state index is 0.289. The first-order valence-electron chi connectivity index (χ1n) is 8.43. The number of hydrogen-bond acceptors (Lipinski definition) is 5. The van der Waals surface area contributed by atoms with Crippen molar-refractivity contribution in [1.29, 1.82) is 0 Å². The van der Waals surface area contributed by atoms with Crippen molar-refractivity contribution in [3.63, 3.8) is 0 Å². The highest BCUT2D eigenvalue weighted by molar-refractivity contribution is 6.32. The third kappa shape index (κ3) is 4.98. The van der Waals surface area contributed by atoms with Gasteiger partial charge < -0.3 is 24.3 Å². The van der Waals surface area contributed by atoms with Crippen LogP contribution in [0.3, 0.4) is 0 Å². The molecule has 27 heavy (non-hydrogen) atoms. The van der Waals surface area contributed by atoms with Crippen molar-refractivity contribution in [1.82, 2.24) is 0 Å². The first-order valence-corrected chi connectivity index (χ1v) is 8.81. The van der Waals surface area contributed by atoms with E-state index in [1.165, 1.54) is 21.3 Å². The molecule has 0 aliphatic heterocycles. The van der Waals surface area contributed by atoms with E-state index in [0.29, 0.717) is 46.0 Å². The van der Waals surface area contributed by atoms with E-state index in [-0.39, 0.29) is 11.7 Å². The van der Waals surface area contributed by atoms with Crippen molar-refractivity contribution in [3.8, 4) is 23.0 Å². The Hall–Kier alpha value is -2.60. The lowest BCUT2D eigenvalue weighted by molar-refractivity contribution is 0.102. The fraction of sp³-hybridized carbons (Fsp3) is 0.350. The number of hydrogen-bond donors (Lipinski definition) is 1. The lowest BCUT2D eigenvalue weighted by Gasteiger charge is -2.16. The normalized spacial score (nSPS) is 10.5. The summed E-state index contributed by atoms with van der Waals surface area (Å²) in [7, 11) is 4.46. The Labute approximate surface area is 164 Å². The molecular formula is C20H24ClNO5. The second kappa shape index (κ2) is 9.37. The Kier molecular flexibility index (Phi) is 7.19. The van der Waals surface area contributed by atoms with Crippen LogP contribution in [0, 0.1) is 5.92 Å². The summed E-state index contributed by atoms with van der Waals surface area (Å²) in [4.78, 5) is 12.7. The minimum atomic E-state index is -0.361. The van der Waals surface area contributed by atoms with Crippen molar-refractivity contribution in [3.05, 3.63) is 40.9 Å². The number of halogens is 1. The summed E-state index contributed by atoms with van der Waals surface area (Å²) >= 11 is 6.25. The standard InChI is InChI=1S/C20H24ClNO5/c1-12(2)11-27-16-8-6-13(10-15(16)21)22-20(23)14-7-9-17(24-3)19(26-5)18(14)25-4/h6-10,12H,11H2,1-5H3,(H,22,23). The minimum Gasteiger partial charge on any atom is -0.493 e. The molecule has 2 aromatic rings. The van der Waals surface area contributed by atoms with Crippen LogP contribution in [0.4, 0.5) is 5.69 Å². The third-order valence-electron chi connectivity index (χ3n) is 3.71. The maximum atomic E-state index is 12.7. The first-order chi connectivity index (χ1) is 12.9. The van der Waals surface area contributed by atoms with E-state index < -0.39 is 0 Å². The molecule has 0 saturated carbocycles. The molecule has 0 bridgehead atoms. The summed E-state index contributed by atoms with van der Waals surface area (Å²) in [6.45, 7) is 4.67. The molecule has 0 atom stereocenters. The van der Waals surface area contributed by atoms with E-state index in [2.05, 4.69) is 19.2 Å². The Morgan fingerprint density at radius 3 is 2.22 bits per heavy atom. The Balaban J connectivity index is 2.23. The number of carbonyl (C=O) groups excluding carboxylic acids is 1. The smallest absolute Gasteiger partial charge is 0.259 e. The summed E-state index contributed by atoms with van der Waals surface area (Å²) in [5, 5.41) is 3.22. The molecule has 2 aromatic carbocycles. The van der Waals surface area contributed by atoms with Crippen molar-refractivity contribution in [2.75, 3.05) is 33.3 Å². The van der Waals surface area contributed by atoms with Gasteiger partial charge in [-0.3, -0.25) is 4.79 Å². The van der Waals surface area contributed by atoms with Crippen LogP contribution in [-0.4, -0.2) is 33.8 Å². The van der Waals surface area contributed by atoms with E-state index in [4.69, 9.17) is 30.5 Å². The summed E-state index contributed by atoms with van der Waals surface area (Å²) in [6.07, 6.45) is 0. The number of benzene rings is 2. The molecule has 0 unspecified atom stereocenters. The average molecular weight is 394 g/mol. The number of carbonyl (C=O) groups is 1. The van der Waals surface area contributed by atoms with Crippen LogP contribution in [-0.2, 0) is 0 Å². The predicted molar refractivity (Wildman–Crippen MR) is 106 cm³/mol. The number of amides is 1. The quantitative estimate of drug-likeness (QED) is 0.706.